The van der Waals surface area contributed by atoms with E-state index in [9.17, 15) is 9.90 Å². The van der Waals surface area contributed by atoms with Crippen molar-refractivity contribution >= 4 is 35.8 Å². The summed E-state index contributed by atoms with van der Waals surface area (Å²) in [7, 11) is 5.22. The Hall–Kier alpha value is -0.610. The predicted molar refractivity (Wildman–Crippen MR) is 111 cm³/mol. The molecule has 0 aromatic heterocycles. The van der Waals surface area contributed by atoms with E-state index in [0.29, 0.717) is 18.0 Å². The molecule has 0 bridgehead atoms. The average molecular weight is 467 g/mol. The topological polar surface area (TPSA) is 80.2 Å². The van der Waals surface area contributed by atoms with Gasteiger partial charge in [-0.05, 0) is 25.7 Å². The van der Waals surface area contributed by atoms with Crippen LogP contribution in [0, 0.1) is 0 Å². The summed E-state index contributed by atoms with van der Waals surface area (Å²) in [6, 6.07) is 0.706. The van der Waals surface area contributed by atoms with Gasteiger partial charge in [0.05, 0.1) is 12.6 Å². The summed E-state index contributed by atoms with van der Waals surface area (Å²) in [5, 5.41) is 16.7. The molecule has 0 aromatic carbocycles. The molecule has 8 heteroatoms. The van der Waals surface area contributed by atoms with E-state index in [1.54, 1.807) is 26.0 Å². The summed E-state index contributed by atoms with van der Waals surface area (Å²) < 4.78 is 0. The van der Waals surface area contributed by atoms with Crippen molar-refractivity contribution in [3.8, 4) is 0 Å². The molecule has 146 valence electrons. The number of likely N-dealkylation sites (tertiary alicyclic amines) is 1. The molecule has 25 heavy (non-hydrogen) atoms. The first-order valence-electron chi connectivity index (χ1n) is 9.10. The first-order valence-corrected chi connectivity index (χ1v) is 9.10. The monoisotopic (exact) mass is 467 g/mol. The maximum absolute atomic E-state index is 11.7. The number of piperidine rings is 1. The van der Waals surface area contributed by atoms with Gasteiger partial charge in [-0.2, -0.15) is 0 Å². The second kappa shape index (κ2) is 11.2. The van der Waals surface area contributed by atoms with Crippen LogP contribution in [0.15, 0.2) is 4.99 Å². The zero-order valence-electron chi connectivity index (χ0n) is 15.7. The number of hydrogen-bond acceptors (Lipinski definition) is 4. The van der Waals surface area contributed by atoms with Gasteiger partial charge < -0.3 is 20.6 Å². The first-order chi connectivity index (χ1) is 11.5. The molecule has 7 nitrogen and oxygen atoms in total. The number of aliphatic hydroxyl groups excluding tert-OH is 1. The van der Waals surface area contributed by atoms with Gasteiger partial charge in [0.15, 0.2) is 5.96 Å². The highest BCUT2D eigenvalue weighted by Gasteiger charge is 2.31. The highest BCUT2D eigenvalue weighted by Crippen LogP contribution is 2.25. The minimum absolute atomic E-state index is 0. The third kappa shape index (κ3) is 6.90. The van der Waals surface area contributed by atoms with Crippen molar-refractivity contribution in [2.24, 2.45) is 4.99 Å². The SMILES string of the molecule is CN=C(NCC(=O)N(C)C)NC1CCN(C2CCCCC2O)CC1.I. The molecular formula is C17H34IN5O2. The molecule has 2 unspecified atom stereocenters. The fourth-order valence-electron chi connectivity index (χ4n) is 3.60. The predicted octanol–water partition coefficient (Wildman–Crippen LogP) is 0.626. The van der Waals surface area contributed by atoms with Gasteiger partial charge >= 0.3 is 0 Å². The number of guanidine groups is 1. The summed E-state index contributed by atoms with van der Waals surface area (Å²) in [6.45, 7) is 2.26. The Labute approximate surface area is 168 Å². The number of nitrogens with zero attached hydrogens (tertiary/aromatic N) is 3. The van der Waals surface area contributed by atoms with Crippen molar-refractivity contribution < 1.29 is 9.90 Å². The van der Waals surface area contributed by atoms with Gasteiger partial charge in [0.1, 0.15) is 0 Å². The highest BCUT2D eigenvalue weighted by atomic mass is 127. The lowest BCUT2D eigenvalue weighted by Crippen LogP contribution is -2.54. The van der Waals surface area contributed by atoms with E-state index in [-0.39, 0.29) is 42.5 Å². The third-order valence-electron chi connectivity index (χ3n) is 5.16. The van der Waals surface area contributed by atoms with E-state index < -0.39 is 0 Å². The van der Waals surface area contributed by atoms with Crippen LogP contribution >= 0.6 is 24.0 Å². The molecule has 2 rings (SSSR count). The minimum atomic E-state index is -0.158. The lowest BCUT2D eigenvalue weighted by atomic mass is 9.89. The molecule has 1 saturated heterocycles. The molecule has 1 aliphatic heterocycles. The van der Waals surface area contributed by atoms with Gasteiger partial charge in [0.2, 0.25) is 5.91 Å². The molecule has 1 aliphatic carbocycles. The zero-order chi connectivity index (χ0) is 17.5. The van der Waals surface area contributed by atoms with Gasteiger partial charge in [0.25, 0.3) is 0 Å². The van der Waals surface area contributed by atoms with Crippen molar-refractivity contribution in [2.75, 3.05) is 40.8 Å². The Morgan fingerprint density at radius 1 is 1.20 bits per heavy atom. The molecule has 2 aliphatic rings. The summed E-state index contributed by atoms with van der Waals surface area (Å²) in [5.41, 5.74) is 0. The van der Waals surface area contributed by atoms with E-state index in [2.05, 4.69) is 20.5 Å². The van der Waals surface area contributed by atoms with E-state index >= 15 is 0 Å². The van der Waals surface area contributed by atoms with Crippen LogP contribution in [0.5, 0.6) is 0 Å². The summed E-state index contributed by atoms with van der Waals surface area (Å²) in [4.78, 5) is 19.9. The van der Waals surface area contributed by atoms with E-state index in [4.69, 9.17) is 0 Å². The molecule has 2 fully saturated rings. The number of carbonyl (C=O) groups is 1. The Kier molecular flexibility index (Phi) is 10.0. The van der Waals surface area contributed by atoms with Crippen molar-refractivity contribution in [1.29, 1.82) is 0 Å². The number of aliphatic imine (C=N–C) groups is 1. The van der Waals surface area contributed by atoms with Crippen LogP contribution in [-0.4, -0.2) is 85.7 Å². The number of hydrogen-bond donors (Lipinski definition) is 3. The summed E-state index contributed by atoms with van der Waals surface area (Å²) >= 11 is 0. The Bertz CT molecular complexity index is 439. The smallest absolute Gasteiger partial charge is 0.241 e. The number of aliphatic hydroxyl groups is 1. The fourth-order valence-corrected chi connectivity index (χ4v) is 3.60. The normalized spacial score (nSPS) is 25.8. The highest BCUT2D eigenvalue weighted by molar-refractivity contribution is 14.0. The summed E-state index contributed by atoms with van der Waals surface area (Å²) in [6.07, 6.45) is 6.36. The van der Waals surface area contributed by atoms with Gasteiger partial charge in [-0.3, -0.25) is 14.7 Å². The minimum Gasteiger partial charge on any atom is -0.391 e. The molecule has 0 spiro atoms. The van der Waals surface area contributed by atoms with Gasteiger partial charge in [-0.1, -0.05) is 12.8 Å². The van der Waals surface area contributed by atoms with Crippen LogP contribution in [0.2, 0.25) is 0 Å². The van der Waals surface area contributed by atoms with Crippen LogP contribution in [0.3, 0.4) is 0 Å². The van der Waals surface area contributed by atoms with Gasteiger partial charge in [-0.25, -0.2) is 0 Å². The molecule has 3 N–H and O–H groups in total. The Morgan fingerprint density at radius 3 is 2.40 bits per heavy atom. The second-order valence-corrected chi connectivity index (χ2v) is 7.09. The Balaban J connectivity index is 0.00000312. The van der Waals surface area contributed by atoms with Crippen LogP contribution in [0.1, 0.15) is 38.5 Å². The summed E-state index contributed by atoms with van der Waals surface area (Å²) in [5.74, 6) is 0.709. The standard InChI is InChI=1S/C17H33N5O2.HI/c1-18-17(19-12-16(24)21(2)3)20-13-8-10-22(11-9-13)14-6-4-5-7-15(14)23;/h13-15,23H,4-12H2,1-3H3,(H2,18,19,20);1H. The number of carbonyl (C=O) groups excluding carboxylic acids is 1. The second-order valence-electron chi connectivity index (χ2n) is 7.09. The van der Waals surface area contributed by atoms with Crippen LogP contribution in [0.25, 0.3) is 0 Å². The van der Waals surface area contributed by atoms with Crippen molar-refractivity contribution in [2.45, 2.75) is 56.7 Å². The van der Waals surface area contributed by atoms with E-state index in [1.807, 2.05) is 0 Å². The van der Waals surface area contributed by atoms with Crippen LogP contribution < -0.4 is 10.6 Å². The van der Waals surface area contributed by atoms with Gasteiger partial charge in [0, 0.05) is 46.3 Å². The largest absolute Gasteiger partial charge is 0.391 e. The molecule has 0 radical (unpaired) electrons. The number of rotatable bonds is 4. The average Bonchev–Trinajstić information content (AvgIpc) is 2.59. The van der Waals surface area contributed by atoms with Crippen LogP contribution in [0.4, 0.5) is 0 Å². The molecule has 1 heterocycles. The molecule has 1 amide bonds. The third-order valence-corrected chi connectivity index (χ3v) is 5.16. The molecule has 1 saturated carbocycles. The van der Waals surface area contributed by atoms with E-state index in [1.165, 1.54) is 6.42 Å². The zero-order valence-corrected chi connectivity index (χ0v) is 18.0. The molecule has 2 atom stereocenters. The first kappa shape index (κ1) is 22.4. The number of halogens is 1. The quantitative estimate of drug-likeness (QED) is 0.321. The van der Waals surface area contributed by atoms with E-state index in [0.717, 1.165) is 45.2 Å². The molecular weight excluding hydrogens is 433 g/mol. The Morgan fingerprint density at radius 2 is 1.84 bits per heavy atom. The maximum atomic E-state index is 11.7. The number of nitrogens with one attached hydrogen (secondary N) is 2. The van der Waals surface area contributed by atoms with Crippen molar-refractivity contribution in [1.82, 2.24) is 20.4 Å². The number of likely N-dealkylation sites (N-methyl/N-ethyl adjacent to an activating group) is 1. The molecule has 0 aromatic rings. The number of amides is 1. The lowest BCUT2D eigenvalue weighted by molar-refractivity contribution is -0.127. The fraction of sp³-hybridized carbons (Fsp3) is 0.882. The van der Waals surface area contributed by atoms with Gasteiger partial charge in [-0.15, -0.1) is 24.0 Å². The van der Waals surface area contributed by atoms with Crippen LogP contribution in [-0.2, 0) is 4.79 Å². The maximum Gasteiger partial charge on any atom is 0.241 e. The van der Waals surface area contributed by atoms with Crippen molar-refractivity contribution in [3.05, 3.63) is 0 Å². The lowest BCUT2D eigenvalue weighted by Gasteiger charge is -2.41. The van der Waals surface area contributed by atoms with Crippen molar-refractivity contribution in [3.63, 3.8) is 0 Å².